The maximum absolute atomic E-state index is 9.00. The summed E-state index contributed by atoms with van der Waals surface area (Å²) in [5.74, 6) is -0.833. The molecule has 1 atom stereocenters. The molecule has 0 fully saturated rings. The summed E-state index contributed by atoms with van der Waals surface area (Å²) < 4.78 is 0. The zero-order valence-electron chi connectivity index (χ0n) is 8.24. The summed E-state index contributed by atoms with van der Waals surface area (Å²) in [6.07, 6.45) is -0.287. The van der Waals surface area contributed by atoms with Crippen LogP contribution in [-0.2, 0) is 4.79 Å². The van der Waals surface area contributed by atoms with E-state index >= 15 is 0 Å². The van der Waals surface area contributed by atoms with E-state index in [0.717, 1.165) is 20.0 Å². The molecule has 0 spiro atoms. The molecule has 4 heteroatoms. The van der Waals surface area contributed by atoms with Crippen molar-refractivity contribution in [1.82, 2.24) is 4.90 Å². The van der Waals surface area contributed by atoms with E-state index in [1.54, 1.807) is 6.92 Å². The van der Waals surface area contributed by atoms with Crippen LogP contribution in [0, 0.1) is 0 Å². The van der Waals surface area contributed by atoms with Gasteiger partial charge in [0.2, 0.25) is 0 Å². The van der Waals surface area contributed by atoms with E-state index in [2.05, 4.69) is 0 Å². The van der Waals surface area contributed by atoms with Crippen LogP contribution in [0.1, 0.15) is 27.7 Å². The molecule has 1 unspecified atom stereocenters. The molecule has 0 saturated heterocycles. The standard InChI is InChI=1S/C6H15NO.C2H4O2/c1-4-7(5-2)6(3)8;1-2(3)4/h6,8H,4-5H2,1-3H3;1H3,(H,3,4). The topological polar surface area (TPSA) is 60.8 Å². The predicted molar refractivity (Wildman–Crippen MR) is 47.9 cm³/mol. The molecule has 4 nitrogen and oxygen atoms in total. The maximum Gasteiger partial charge on any atom is 0.300 e. The lowest BCUT2D eigenvalue weighted by molar-refractivity contribution is -0.134. The van der Waals surface area contributed by atoms with E-state index in [9.17, 15) is 0 Å². The number of aliphatic hydroxyl groups is 1. The lowest BCUT2D eigenvalue weighted by Crippen LogP contribution is -2.32. The molecule has 0 amide bonds. The smallest absolute Gasteiger partial charge is 0.300 e. The van der Waals surface area contributed by atoms with Gasteiger partial charge in [0.1, 0.15) is 6.23 Å². The Hall–Kier alpha value is -0.610. The molecular weight excluding hydrogens is 158 g/mol. The fourth-order valence-corrected chi connectivity index (χ4v) is 0.752. The first kappa shape index (κ1) is 13.9. The van der Waals surface area contributed by atoms with Gasteiger partial charge in [-0.3, -0.25) is 9.69 Å². The van der Waals surface area contributed by atoms with Crippen molar-refractivity contribution >= 4 is 5.97 Å². The van der Waals surface area contributed by atoms with Crippen LogP contribution < -0.4 is 0 Å². The van der Waals surface area contributed by atoms with Crippen LogP contribution in [0.25, 0.3) is 0 Å². The first-order valence-corrected chi connectivity index (χ1v) is 4.07. The predicted octanol–water partition coefficient (Wildman–Crippen LogP) is 0.757. The van der Waals surface area contributed by atoms with E-state index in [1.165, 1.54) is 0 Å². The van der Waals surface area contributed by atoms with Gasteiger partial charge in [-0.2, -0.15) is 0 Å². The number of hydrogen-bond acceptors (Lipinski definition) is 3. The van der Waals surface area contributed by atoms with Gasteiger partial charge in [-0.05, 0) is 20.0 Å². The monoisotopic (exact) mass is 177 g/mol. The molecule has 0 aliphatic carbocycles. The number of carbonyl (C=O) groups is 1. The van der Waals surface area contributed by atoms with Crippen LogP contribution in [0.5, 0.6) is 0 Å². The fraction of sp³-hybridized carbons (Fsp3) is 0.875. The largest absolute Gasteiger partial charge is 0.481 e. The van der Waals surface area contributed by atoms with Crippen LogP contribution in [0.15, 0.2) is 0 Å². The number of carboxylic acids is 1. The van der Waals surface area contributed by atoms with Crippen molar-refractivity contribution in [2.75, 3.05) is 13.1 Å². The van der Waals surface area contributed by atoms with Gasteiger partial charge in [0.15, 0.2) is 0 Å². The van der Waals surface area contributed by atoms with Crippen LogP contribution in [0.3, 0.4) is 0 Å². The molecule has 0 aromatic heterocycles. The third-order valence-electron chi connectivity index (χ3n) is 1.34. The summed E-state index contributed by atoms with van der Waals surface area (Å²) in [5, 5.41) is 16.4. The van der Waals surface area contributed by atoms with Gasteiger partial charge >= 0.3 is 0 Å². The van der Waals surface area contributed by atoms with Crippen LogP contribution >= 0.6 is 0 Å². The number of carboxylic acid groups (broad SMARTS) is 1. The van der Waals surface area contributed by atoms with Crippen LogP contribution in [0.2, 0.25) is 0 Å². The molecule has 0 aliphatic rings. The lowest BCUT2D eigenvalue weighted by atomic mass is 10.5. The van der Waals surface area contributed by atoms with Crippen molar-refractivity contribution in [2.45, 2.75) is 33.9 Å². The highest BCUT2D eigenvalue weighted by Gasteiger charge is 2.02. The molecule has 0 aliphatic heterocycles. The summed E-state index contributed by atoms with van der Waals surface area (Å²) in [7, 11) is 0. The van der Waals surface area contributed by atoms with E-state index in [0.29, 0.717) is 0 Å². The van der Waals surface area contributed by atoms with Gasteiger partial charge in [-0.15, -0.1) is 0 Å². The Bertz CT molecular complexity index is 107. The average Bonchev–Trinajstić information content (AvgIpc) is 1.87. The minimum Gasteiger partial charge on any atom is -0.481 e. The molecule has 0 heterocycles. The number of rotatable bonds is 3. The van der Waals surface area contributed by atoms with Crippen molar-refractivity contribution in [3.63, 3.8) is 0 Å². The summed E-state index contributed by atoms with van der Waals surface area (Å²) >= 11 is 0. The highest BCUT2D eigenvalue weighted by Crippen LogP contribution is 1.91. The molecule has 0 radical (unpaired) electrons. The molecule has 0 saturated carbocycles. The first-order chi connectivity index (χ1) is 5.45. The second kappa shape index (κ2) is 8.49. The number of hydrogen-bond donors (Lipinski definition) is 2. The SMILES string of the molecule is CC(=O)O.CCN(CC)C(C)O. The Morgan fingerprint density at radius 3 is 1.67 bits per heavy atom. The molecule has 2 N–H and O–H groups in total. The van der Waals surface area contributed by atoms with E-state index in [1.807, 2.05) is 18.7 Å². The summed E-state index contributed by atoms with van der Waals surface area (Å²) in [6, 6.07) is 0. The van der Waals surface area contributed by atoms with E-state index in [-0.39, 0.29) is 6.23 Å². The van der Waals surface area contributed by atoms with Gasteiger partial charge in [-0.1, -0.05) is 13.8 Å². The number of aliphatic carboxylic acids is 1. The van der Waals surface area contributed by atoms with Gasteiger partial charge in [0.05, 0.1) is 0 Å². The maximum atomic E-state index is 9.00. The third-order valence-corrected chi connectivity index (χ3v) is 1.34. The van der Waals surface area contributed by atoms with Gasteiger partial charge in [-0.25, -0.2) is 0 Å². The highest BCUT2D eigenvalue weighted by atomic mass is 16.4. The van der Waals surface area contributed by atoms with Crippen molar-refractivity contribution in [3.05, 3.63) is 0 Å². The summed E-state index contributed by atoms with van der Waals surface area (Å²) in [6.45, 7) is 8.79. The molecule has 0 rings (SSSR count). The van der Waals surface area contributed by atoms with Gasteiger partial charge in [0.25, 0.3) is 5.97 Å². The molecule has 0 aromatic rings. The van der Waals surface area contributed by atoms with Crippen molar-refractivity contribution in [2.24, 2.45) is 0 Å². The Labute approximate surface area is 73.8 Å². The Balaban J connectivity index is 0. The second-order valence-electron chi connectivity index (χ2n) is 2.37. The number of aliphatic hydroxyl groups excluding tert-OH is 1. The molecule has 12 heavy (non-hydrogen) atoms. The minimum atomic E-state index is -0.833. The summed E-state index contributed by atoms with van der Waals surface area (Å²) in [4.78, 5) is 11.0. The Kier molecular flexibility index (Phi) is 9.86. The number of nitrogens with zero attached hydrogens (tertiary/aromatic N) is 1. The summed E-state index contributed by atoms with van der Waals surface area (Å²) in [5.41, 5.74) is 0. The quantitative estimate of drug-likeness (QED) is 0.625. The van der Waals surface area contributed by atoms with Crippen LogP contribution in [0.4, 0.5) is 0 Å². The highest BCUT2D eigenvalue weighted by molar-refractivity contribution is 5.62. The van der Waals surface area contributed by atoms with Crippen molar-refractivity contribution in [3.8, 4) is 0 Å². The molecule has 0 bridgehead atoms. The fourth-order valence-electron chi connectivity index (χ4n) is 0.752. The van der Waals surface area contributed by atoms with Gasteiger partial charge < -0.3 is 10.2 Å². The average molecular weight is 177 g/mol. The Morgan fingerprint density at radius 2 is 1.67 bits per heavy atom. The van der Waals surface area contributed by atoms with Gasteiger partial charge in [0, 0.05) is 6.92 Å². The Morgan fingerprint density at radius 1 is 1.42 bits per heavy atom. The molecule has 74 valence electrons. The second-order valence-corrected chi connectivity index (χ2v) is 2.37. The molecular formula is C8H19NO3. The lowest BCUT2D eigenvalue weighted by Gasteiger charge is -2.20. The normalized spacial score (nSPS) is 11.8. The van der Waals surface area contributed by atoms with E-state index < -0.39 is 5.97 Å². The van der Waals surface area contributed by atoms with E-state index in [4.69, 9.17) is 15.0 Å². The zero-order chi connectivity index (χ0) is 10.1. The molecule has 0 aromatic carbocycles. The van der Waals surface area contributed by atoms with Crippen LogP contribution in [-0.4, -0.2) is 40.4 Å². The minimum absolute atomic E-state index is 0.287. The van der Waals surface area contributed by atoms with Crippen molar-refractivity contribution < 1.29 is 15.0 Å². The van der Waals surface area contributed by atoms with Crippen molar-refractivity contribution in [1.29, 1.82) is 0 Å². The first-order valence-electron chi connectivity index (χ1n) is 4.07. The third kappa shape index (κ3) is 12.1. The zero-order valence-corrected chi connectivity index (χ0v) is 8.24.